The van der Waals surface area contributed by atoms with Crippen molar-refractivity contribution >= 4 is 51.9 Å². The van der Waals surface area contributed by atoms with Gasteiger partial charge in [0, 0.05) is 29.3 Å². The van der Waals surface area contributed by atoms with E-state index in [2.05, 4.69) is 5.43 Å². The highest BCUT2D eigenvalue weighted by atomic mass is 32.2. The zero-order chi connectivity index (χ0) is 21.8. The van der Waals surface area contributed by atoms with E-state index in [1.54, 1.807) is 24.3 Å². The molecule has 11 heteroatoms. The molecule has 1 aliphatic heterocycles. The van der Waals surface area contributed by atoms with Gasteiger partial charge in [-0.1, -0.05) is 11.8 Å². The Hall–Kier alpha value is -3.44. The van der Waals surface area contributed by atoms with Crippen LogP contribution < -0.4 is 14.9 Å². The van der Waals surface area contributed by atoms with Gasteiger partial charge in [-0.3, -0.25) is 25.1 Å². The van der Waals surface area contributed by atoms with Gasteiger partial charge in [0.15, 0.2) is 4.32 Å². The van der Waals surface area contributed by atoms with Gasteiger partial charge in [0.1, 0.15) is 11.5 Å². The third-order valence-corrected chi connectivity index (χ3v) is 5.38. The quantitative estimate of drug-likeness (QED) is 0.312. The molecule has 1 N–H and O–H groups in total. The minimum absolute atomic E-state index is 0.145. The normalized spacial score (nSPS) is 14.7. The van der Waals surface area contributed by atoms with Crippen LogP contribution in [0.15, 0.2) is 47.4 Å². The molecule has 1 saturated heterocycles. The molecule has 154 valence electrons. The van der Waals surface area contributed by atoms with Crippen molar-refractivity contribution in [3.63, 3.8) is 0 Å². The molecule has 0 radical (unpaired) electrons. The van der Waals surface area contributed by atoms with Gasteiger partial charge in [0.05, 0.1) is 24.0 Å². The monoisotopic (exact) mass is 445 g/mol. The molecule has 2 amide bonds. The molecule has 1 heterocycles. The first kappa shape index (κ1) is 21.3. The van der Waals surface area contributed by atoms with Gasteiger partial charge in [0.25, 0.3) is 17.5 Å². The van der Waals surface area contributed by atoms with Crippen molar-refractivity contribution < 1.29 is 24.0 Å². The van der Waals surface area contributed by atoms with Crippen LogP contribution in [0.2, 0.25) is 0 Å². The maximum Gasteiger partial charge on any atom is 0.285 e. The summed E-state index contributed by atoms with van der Waals surface area (Å²) in [4.78, 5) is 35.6. The number of ether oxygens (including phenoxy) is 2. The van der Waals surface area contributed by atoms with Crippen LogP contribution in [0.3, 0.4) is 0 Å². The van der Waals surface area contributed by atoms with Crippen LogP contribution >= 0.6 is 24.0 Å². The van der Waals surface area contributed by atoms with E-state index in [1.807, 2.05) is 0 Å². The Morgan fingerprint density at radius 2 is 1.90 bits per heavy atom. The Bertz CT molecular complexity index is 1070. The molecule has 3 rings (SSSR count). The molecule has 1 aliphatic rings. The number of thiocarbonyl (C=S) groups is 1. The second kappa shape index (κ2) is 8.93. The van der Waals surface area contributed by atoms with Crippen LogP contribution in [0.1, 0.15) is 15.9 Å². The van der Waals surface area contributed by atoms with Crippen molar-refractivity contribution in [3.05, 3.63) is 68.6 Å². The molecule has 0 aliphatic carbocycles. The molecule has 0 atom stereocenters. The van der Waals surface area contributed by atoms with Crippen LogP contribution in [0.5, 0.6) is 11.5 Å². The van der Waals surface area contributed by atoms with Crippen LogP contribution in [0.25, 0.3) is 6.08 Å². The van der Waals surface area contributed by atoms with E-state index in [0.29, 0.717) is 22.0 Å². The Morgan fingerprint density at radius 3 is 2.50 bits per heavy atom. The Kier molecular flexibility index (Phi) is 6.33. The number of amides is 2. The van der Waals surface area contributed by atoms with Gasteiger partial charge >= 0.3 is 0 Å². The van der Waals surface area contributed by atoms with Gasteiger partial charge in [-0.05, 0) is 42.6 Å². The number of hydrogen-bond donors (Lipinski definition) is 1. The van der Waals surface area contributed by atoms with Gasteiger partial charge in [0.2, 0.25) is 0 Å². The van der Waals surface area contributed by atoms with E-state index in [9.17, 15) is 19.7 Å². The van der Waals surface area contributed by atoms with E-state index in [1.165, 1.54) is 38.5 Å². The molecule has 9 nitrogen and oxygen atoms in total. The van der Waals surface area contributed by atoms with Crippen molar-refractivity contribution in [2.45, 2.75) is 0 Å². The number of nitro groups is 1. The molecule has 0 saturated carbocycles. The fraction of sp³-hybridized carbons (Fsp3) is 0.105. The van der Waals surface area contributed by atoms with Crippen LogP contribution in [-0.2, 0) is 4.79 Å². The first-order valence-corrected chi connectivity index (χ1v) is 9.62. The SMILES string of the molecule is COc1ccc(/C=C2\SC(=S)N(NC(=O)c3ccc([N+](=O)[O-])cc3)C2=O)c(OC)c1. The standard InChI is InChI=1S/C19H15N3O6S2/c1-27-14-8-5-12(15(10-14)28-2)9-16-18(24)21(19(29)30-16)20-17(23)11-3-6-13(7-4-11)22(25)26/h3-10H,1-2H3,(H,20,23)/b16-9-. The Balaban J connectivity index is 1.78. The Morgan fingerprint density at radius 1 is 1.20 bits per heavy atom. The summed E-state index contributed by atoms with van der Waals surface area (Å²) < 4.78 is 10.6. The molecular formula is C19H15N3O6S2. The molecule has 2 aromatic rings. The average molecular weight is 445 g/mol. The summed E-state index contributed by atoms with van der Waals surface area (Å²) in [7, 11) is 3.04. The number of rotatable bonds is 6. The maximum atomic E-state index is 12.7. The summed E-state index contributed by atoms with van der Waals surface area (Å²) >= 11 is 6.23. The predicted octanol–water partition coefficient (Wildman–Crippen LogP) is 3.16. The third kappa shape index (κ3) is 4.42. The van der Waals surface area contributed by atoms with E-state index >= 15 is 0 Å². The van der Waals surface area contributed by atoms with Gasteiger partial charge in [-0.15, -0.1) is 0 Å². The van der Waals surface area contributed by atoms with E-state index in [-0.39, 0.29) is 15.6 Å². The van der Waals surface area contributed by atoms with Crippen molar-refractivity contribution in [1.29, 1.82) is 0 Å². The molecule has 2 aromatic carbocycles. The summed E-state index contributed by atoms with van der Waals surface area (Å²) in [6.07, 6.45) is 1.61. The predicted molar refractivity (Wildman–Crippen MR) is 115 cm³/mol. The number of nitro benzene ring substituents is 1. The van der Waals surface area contributed by atoms with Gasteiger partial charge in [-0.25, -0.2) is 0 Å². The first-order chi connectivity index (χ1) is 14.3. The summed E-state index contributed by atoms with van der Waals surface area (Å²) in [5.41, 5.74) is 3.07. The largest absolute Gasteiger partial charge is 0.497 e. The van der Waals surface area contributed by atoms with Crippen LogP contribution in [0, 0.1) is 10.1 Å². The lowest BCUT2D eigenvalue weighted by Gasteiger charge is -2.15. The first-order valence-electron chi connectivity index (χ1n) is 8.39. The van der Waals surface area contributed by atoms with Crippen molar-refractivity contribution in [1.82, 2.24) is 10.4 Å². The number of methoxy groups -OCH3 is 2. The number of non-ortho nitro benzene ring substituents is 1. The number of nitrogens with one attached hydrogen (secondary N) is 1. The molecule has 0 unspecified atom stereocenters. The molecule has 0 aromatic heterocycles. The Labute approximate surface area is 180 Å². The van der Waals surface area contributed by atoms with E-state index in [4.69, 9.17) is 21.7 Å². The number of hydrazine groups is 1. The number of benzene rings is 2. The van der Waals surface area contributed by atoms with Crippen LogP contribution in [-0.4, -0.2) is 40.3 Å². The van der Waals surface area contributed by atoms with Gasteiger partial charge in [-0.2, -0.15) is 5.01 Å². The summed E-state index contributed by atoms with van der Waals surface area (Å²) in [6.45, 7) is 0. The molecule has 30 heavy (non-hydrogen) atoms. The number of carbonyl (C=O) groups excluding carboxylic acids is 2. The fourth-order valence-corrected chi connectivity index (χ4v) is 3.71. The molecular weight excluding hydrogens is 430 g/mol. The molecule has 0 spiro atoms. The van der Waals surface area contributed by atoms with Crippen molar-refractivity contribution in [3.8, 4) is 11.5 Å². The number of thioether (sulfide) groups is 1. The highest BCUT2D eigenvalue weighted by molar-refractivity contribution is 8.26. The minimum Gasteiger partial charge on any atom is -0.497 e. The highest BCUT2D eigenvalue weighted by Gasteiger charge is 2.34. The average Bonchev–Trinajstić information content (AvgIpc) is 3.01. The summed E-state index contributed by atoms with van der Waals surface area (Å²) in [6, 6.07) is 10.1. The topological polar surface area (TPSA) is 111 Å². The van der Waals surface area contributed by atoms with Crippen LogP contribution in [0.4, 0.5) is 5.69 Å². The number of hydrogen-bond acceptors (Lipinski definition) is 8. The molecule has 1 fully saturated rings. The minimum atomic E-state index is -0.621. The fourth-order valence-electron chi connectivity index (χ4n) is 2.54. The van der Waals surface area contributed by atoms with Crippen molar-refractivity contribution in [2.75, 3.05) is 14.2 Å². The second-order valence-corrected chi connectivity index (χ2v) is 7.55. The zero-order valence-corrected chi connectivity index (χ0v) is 17.4. The zero-order valence-electron chi connectivity index (χ0n) is 15.8. The molecule has 0 bridgehead atoms. The maximum absolute atomic E-state index is 12.7. The van der Waals surface area contributed by atoms with E-state index < -0.39 is 16.7 Å². The second-order valence-electron chi connectivity index (χ2n) is 5.87. The lowest BCUT2D eigenvalue weighted by atomic mass is 10.1. The van der Waals surface area contributed by atoms with Crippen molar-refractivity contribution in [2.24, 2.45) is 0 Å². The van der Waals surface area contributed by atoms with E-state index in [0.717, 1.165) is 16.8 Å². The lowest BCUT2D eigenvalue weighted by molar-refractivity contribution is -0.384. The smallest absolute Gasteiger partial charge is 0.285 e. The van der Waals surface area contributed by atoms with Gasteiger partial charge < -0.3 is 9.47 Å². The summed E-state index contributed by atoms with van der Waals surface area (Å²) in [5, 5.41) is 11.7. The summed E-state index contributed by atoms with van der Waals surface area (Å²) in [5.74, 6) is -0.0101. The number of nitrogens with zero attached hydrogens (tertiary/aromatic N) is 2. The number of carbonyl (C=O) groups is 2. The lowest BCUT2D eigenvalue weighted by Crippen LogP contribution is -2.44. The third-order valence-electron chi connectivity index (χ3n) is 4.07. The highest BCUT2D eigenvalue weighted by Crippen LogP contribution is 2.34.